The van der Waals surface area contributed by atoms with Crippen molar-refractivity contribution in [1.82, 2.24) is 14.9 Å². The Morgan fingerprint density at radius 1 is 0.871 bits per heavy atom. The third-order valence-electron chi connectivity index (χ3n) is 6.46. The Bertz CT molecular complexity index is 1330. The topological polar surface area (TPSA) is 67.8 Å². The maximum absolute atomic E-state index is 9.66. The molecule has 0 spiro atoms. The van der Waals surface area contributed by atoms with Crippen molar-refractivity contribution in [3.8, 4) is 22.5 Å². The molecule has 0 unspecified atom stereocenters. The fraction of sp³-hybridized carbons (Fsp3) is 0.200. The Kier molecular flexibility index (Phi) is 4.07. The van der Waals surface area contributed by atoms with E-state index in [9.17, 15) is 5.21 Å². The standard InChI is InChI=1S/C25H23N5O/c1-29-11-13-30(14-12-29)16-9-10-21-22(15-16)27-25(26-21)20-8-4-7-19-23(20)17-5-2-3-6-18(17)24(19)28-31/h2-10,15,31H,11-14H2,1H3,(H,26,27)/b28-24+. The molecule has 0 radical (unpaired) electrons. The van der Waals surface area contributed by atoms with E-state index in [0.717, 1.165) is 70.9 Å². The second kappa shape index (κ2) is 6.96. The van der Waals surface area contributed by atoms with Crippen LogP contribution in [0.3, 0.4) is 0 Å². The third-order valence-corrected chi connectivity index (χ3v) is 6.46. The molecule has 0 atom stereocenters. The fourth-order valence-corrected chi connectivity index (χ4v) is 4.78. The number of likely N-dealkylation sites (N-methyl/N-ethyl adjacent to an activating group) is 1. The van der Waals surface area contributed by atoms with E-state index in [4.69, 9.17) is 4.98 Å². The molecule has 154 valence electrons. The monoisotopic (exact) mass is 409 g/mol. The summed E-state index contributed by atoms with van der Waals surface area (Å²) in [4.78, 5) is 13.2. The molecule has 2 aliphatic rings. The zero-order valence-corrected chi connectivity index (χ0v) is 17.3. The molecule has 2 heterocycles. The van der Waals surface area contributed by atoms with Crippen LogP contribution < -0.4 is 4.90 Å². The molecule has 0 bridgehead atoms. The number of anilines is 1. The average Bonchev–Trinajstić information content (AvgIpc) is 3.38. The van der Waals surface area contributed by atoms with Crippen molar-refractivity contribution in [2.75, 3.05) is 38.1 Å². The first-order chi connectivity index (χ1) is 15.2. The van der Waals surface area contributed by atoms with Gasteiger partial charge in [0.15, 0.2) is 0 Å². The number of imidazole rings is 1. The molecular weight excluding hydrogens is 386 g/mol. The number of hydrogen-bond acceptors (Lipinski definition) is 5. The first kappa shape index (κ1) is 18.2. The zero-order chi connectivity index (χ0) is 20.9. The smallest absolute Gasteiger partial charge is 0.139 e. The molecule has 31 heavy (non-hydrogen) atoms. The van der Waals surface area contributed by atoms with Gasteiger partial charge in [-0.05, 0) is 30.8 Å². The highest BCUT2D eigenvalue weighted by molar-refractivity contribution is 6.26. The molecule has 1 saturated heterocycles. The molecule has 1 aliphatic heterocycles. The van der Waals surface area contributed by atoms with Crippen molar-refractivity contribution in [3.63, 3.8) is 0 Å². The van der Waals surface area contributed by atoms with Gasteiger partial charge in [-0.2, -0.15) is 0 Å². The van der Waals surface area contributed by atoms with Crippen molar-refractivity contribution in [1.29, 1.82) is 0 Å². The third kappa shape index (κ3) is 2.83. The van der Waals surface area contributed by atoms with E-state index in [1.165, 1.54) is 5.69 Å². The Hall–Kier alpha value is -3.64. The number of hydrogen-bond donors (Lipinski definition) is 2. The summed E-state index contributed by atoms with van der Waals surface area (Å²) in [7, 11) is 2.17. The molecule has 1 aliphatic carbocycles. The van der Waals surface area contributed by atoms with Crippen molar-refractivity contribution in [2.24, 2.45) is 5.16 Å². The minimum absolute atomic E-state index is 0.612. The van der Waals surface area contributed by atoms with Gasteiger partial charge in [0, 0.05) is 54.1 Å². The minimum atomic E-state index is 0.612. The summed E-state index contributed by atoms with van der Waals surface area (Å²) in [5, 5.41) is 13.3. The lowest BCUT2D eigenvalue weighted by Crippen LogP contribution is -2.44. The van der Waals surface area contributed by atoms with Gasteiger partial charge >= 0.3 is 0 Å². The number of aromatic nitrogens is 2. The van der Waals surface area contributed by atoms with Gasteiger partial charge in [0.05, 0.1) is 11.0 Å². The Labute approximate surface area is 180 Å². The van der Waals surface area contributed by atoms with Crippen LogP contribution >= 0.6 is 0 Å². The van der Waals surface area contributed by atoms with Gasteiger partial charge in [0.1, 0.15) is 11.5 Å². The predicted molar refractivity (Wildman–Crippen MR) is 124 cm³/mol. The molecule has 1 aromatic heterocycles. The summed E-state index contributed by atoms with van der Waals surface area (Å²) < 4.78 is 0. The molecule has 1 fully saturated rings. The first-order valence-electron chi connectivity index (χ1n) is 10.6. The summed E-state index contributed by atoms with van der Waals surface area (Å²) in [5.74, 6) is 0.830. The van der Waals surface area contributed by atoms with Gasteiger partial charge in [-0.1, -0.05) is 47.6 Å². The summed E-state index contributed by atoms with van der Waals surface area (Å²) >= 11 is 0. The molecule has 6 rings (SSSR count). The lowest BCUT2D eigenvalue weighted by Gasteiger charge is -2.34. The highest BCUT2D eigenvalue weighted by atomic mass is 16.4. The predicted octanol–water partition coefficient (Wildman–Crippen LogP) is 4.19. The van der Waals surface area contributed by atoms with Gasteiger partial charge in [-0.3, -0.25) is 0 Å². The van der Waals surface area contributed by atoms with Gasteiger partial charge in [0.25, 0.3) is 0 Å². The largest absolute Gasteiger partial charge is 0.410 e. The second-order valence-electron chi connectivity index (χ2n) is 8.30. The molecular formula is C25H23N5O. The highest BCUT2D eigenvalue weighted by Gasteiger charge is 2.28. The maximum atomic E-state index is 9.66. The number of H-pyrrole nitrogens is 1. The van der Waals surface area contributed by atoms with Crippen molar-refractivity contribution in [2.45, 2.75) is 0 Å². The Morgan fingerprint density at radius 2 is 1.61 bits per heavy atom. The van der Waals surface area contributed by atoms with Gasteiger partial charge in [-0.15, -0.1) is 0 Å². The fourth-order valence-electron chi connectivity index (χ4n) is 4.78. The lowest BCUT2D eigenvalue weighted by molar-refractivity contribution is 0.313. The quantitative estimate of drug-likeness (QED) is 0.339. The van der Waals surface area contributed by atoms with Crippen LogP contribution in [0.2, 0.25) is 0 Å². The van der Waals surface area contributed by atoms with E-state index in [1.54, 1.807) is 0 Å². The molecule has 6 heteroatoms. The summed E-state index contributed by atoms with van der Waals surface area (Å²) in [6.07, 6.45) is 0. The molecule has 2 N–H and O–H groups in total. The summed E-state index contributed by atoms with van der Waals surface area (Å²) in [6, 6.07) is 20.6. The summed E-state index contributed by atoms with van der Waals surface area (Å²) in [5.41, 5.74) is 8.85. The van der Waals surface area contributed by atoms with Crippen LogP contribution in [0.25, 0.3) is 33.5 Å². The minimum Gasteiger partial charge on any atom is -0.410 e. The SMILES string of the molecule is CN1CCN(c2ccc3nc(-c4cccc5c4-c4ccccc4/C5=N\O)[nH]c3c2)CC1. The maximum Gasteiger partial charge on any atom is 0.139 e. The molecule has 0 saturated carbocycles. The number of piperazine rings is 1. The van der Waals surface area contributed by atoms with E-state index in [1.807, 2.05) is 30.3 Å². The highest BCUT2D eigenvalue weighted by Crippen LogP contribution is 2.42. The van der Waals surface area contributed by atoms with Crippen LogP contribution in [0.1, 0.15) is 11.1 Å². The van der Waals surface area contributed by atoms with Crippen LogP contribution in [0, 0.1) is 0 Å². The van der Waals surface area contributed by atoms with Gasteiger partial charge in [0.2, 0.25) is 0 Å². The molecule has 0 amide bonds. The van der Waals surface area contributed by atoms with E-state index in [0.29, 0.717) is 5.71 Å². The first-order valence-corrected chi connectivity index (χ1v) is 10.6. The van der Waals surface area contributed by atoms with Crippen molar-refractivity contribution < 1.29 is 5.21 Å². The van der Waals surface area contributed by atoms with Crippen molar-refractivity contribution >= 4 is 22.4 Å². The average molecular weight is 409 g/mol. The van der Waals surface area contributed by atoms with E-state index in [-0.39, 0.29) is 0 Å². The van der Waals surface area contributed by atoms with Crippen molar-refractivity contribution in [3.05, 3.63) is 71.8 Å². The number of nitrogens with zero attached hydrogens (tertiary/aromatic N) is 4. The molecule has 4 aromatic rings. The normalized spacial score (nSPS) is 17.3. The molecule has 6 nitrogen and oxygen atoms in total. The van der Waals surface area contributed by atoms with E-state index >= 15 is 0 Å². The molecule has 3 aromatic carbocycles. The van der Waals surface area contributed by atoms with Gasteiger partial charge < -0.3 is 20.0 Å². The number of rotatable bonds is 2. The second-order valence-corrected chi connectivity index (χ2v) is 8.30. The number of fused-ring (bicyclic) bond motifs is 4. The number of aromatic amines is 1. The van der Waals surface area contributed by atoms with E-state index < -0.39 is 0 Å². The van der Waals surface area contributed by atoms with Crippen LogP contribution in [0.4, 0.5) is 5.69 Å². The van der Waals surface area contributed by atoms with Crippen LogP contribution in [-0.4, -0.2) is 59.0 Å². The number of oxime groups is 1. The van der Waals surface area contributed by atoms with Crippen LogP contribution in [-0.2, 0) is 0 Å². The lowest BCUT2D eigenvalue weighted by atomic mass is 9.99. The Morgan fingerprint density at radius 3 is 2.42 bits per heavy atom. The van der Waals surface area contributed by atoms with Gasteiger partial charge in [-0.25, -0.2) is 4.98 Å². The Balaban J connectivity index is 1.45. The van der Waals surface area contributed by atoms with Crippen LogP contribution in [0.15, 0.2) is 65.8 Å². The van der Waals surface area contributed by atoms with E-state index in [2.05, 4.69) is 57.3 Å². The number of nitrogens with one attached hydrogen (secondary N) is 1. The zero-order valence-electron chi connectivity index (χ0n) is 17.3. The summed E-state index contributed by atoms with van der Waals surface area (Å²) in [6.45, 7) is 4.23. The van der Waals surface area contributed by atoms with Crippen LogP contribution in [0.5, 0.6) is 0 Å². The number of benzene rings is 3.